The quantitative estimate of drug-likeness (QED) is 0.0491. The first-order chi connectivity index (χ1) is 23.2. The van der Waals surface area contributed by atoms with Crippen LogP contribution in [-0.4, -0.2) is 37.0 Å². The van der Waals surface area contributed by atoms with Crippen LogP contribution >= 0.6 is 0 Å². The Morgan fingerprint density at radius 1 is 0.480 bits per heavy atom. The van der Waals surface area contributed by atoms with Crippen molar-refractivity contribution in [1.29, 1.82) is 0 Å². The number of aromatic nitrogens is 2. The van der Waals surface area contributed by atoms with Crippen LogP contribution in [0.1, 0.15) is 128 Å². The monoisotopic (exact) mass is 766 g/mol. The van der Waals surface area contributed by atoms with Crippen LogP contribution < -0.4 is 9.13 Å². The standard InChI is InChI=1S/2C16H28N.2CHF3O3S/c2*1-3-4-5-6-7-8-9-10-13-17-14-11-16(2)12-15-17;2*2-1(3,4)8(5,6)7/h2*11-12,14-15H,3-10,13H2,1-2H3;2*(H,5,6,7)/q2*+1;;/p-2. The number of alkyl halides is 6. The van der Waals surface area contributed by atoms with Gasteiger partial charge in [-0.3, -0.25) is 0 Å². The van der Waals surface area contributed by atoms with E-state index in [-0.39, 0.29) is 0 Å². The van der Waals surface area contributed by atoms with E-state index in [1.807, 2.05) is 0 Å². The van der Waals surface area contributed by atoms with Gasteiger partial charge in [0.15, 0.2) is 45.0 Å². The Hall–Kier alpha value is -2.30. The summed E-state index contributed by atoms with van der Waals surface area (Å²) in [5.41, 5.74) is -8.60. The third-order valence-corrected chi connectivity index (χ3v) is 8.36. The van der Waals surface area contributed by atoms with Gasteiger partial charge in [-0.15, -0.1) is 0 Å². The van der Waals surface area contributed by atoms with Crippen molar-refractivity contribution < 1.29 is 61.4 Å². The zero-order chi connectivity index (χ0) is 38.7. The van der Waals surface area contributed by atoms with Gasteiger partial charge in [0.2, 0.25) is 0 Å². The first kappa shape index (κ1) is 49.8. The molecule has 0 radical (unpaired) electrons. The Morgan fingerprint density at radius 2 is 0.680 bits per heavy atom. The number of hydrogen-bond donors (Lipinski definition) is 0. The highest BCUT2D eigenvalue weighted by molar-refractivity contribution is 7.86. The summed E-state index contributed by atoms with van der Waals surface area (Å²) >= 11 is 0. The molecule has 2 heterocycles. The SMILES string of the molecule is CCCCCCCCCC[n+]1ccc(C)cc1.CCCCCCCCCC[n+]1ccc(C)cc1.O=S(=O)([O-])C(F)(F)F.O=S(=O)([O-])C(F)(F)F. The highest BCUT2D eigenvalue weighted by atomic mass is 32.2. The third-order valence-electron chi connectivity index (χ3n) is 7.22. The molecule has 0 amide bonds. The van der Waals surface area contributed by atoms with Crippen molar-refractivity contribution in [1.82, 2.24) is 0 Å². The molecular weight excluding hydrogens is 711 g/mol. The topological polar surface area (TPSA) is 122 Å². The van der Waals surface area contributed by atoms with Gasteiger partial charge < -0.3 is 9.11 Å². The van der Waals surface area contributed by atoms with Crippen LogP contribution in [0, 0.1) is 13.8 Å². The summed E-state index contributed by atoms with van der Waals surface area (Å²) in [6.07, 6.45) is 31.1. The predicted molar refractivity (Wildman–Crippen MR) is 179 cm³/mol. The molecule has 0 N–H and O–H groups in total. The molecule has 0 atom stereocenters. The lowest BCUT2D eigenvalue weighted by Crippen LogP contribution is -2.32. The molecule has 2 aromatic rings. The van der Waals surface area contributed by atoms with Gasteiger partial charge in [0.25, 0.3) is 0 Å². The van der Waals surface area contributed by atoms with Crippen molar-refractivity contribution in [3.05, 3.63) is 60.2 Å². The van der Waals surface area contributed by atoms with Gasteiger partial charge in [0.05, 0.1) is 0 Å². The van der Waals surface area contributed by atoms with Gasteiger partial charge in [-0.25, -0.2) is 26.0 Å². The molecule has 0 saturated carbocycles. The van der Waals surface area contributed by atoms with E-state index in [9.17, 15) is 26.3 Å². The molecule has 0 aromatic carbocycles. The highest BCUT2D eigenvalue weighted by Crippen LogP contribution is 2.21. The molecule has 0 saturated heterocycles. The summed E-state index contributed by atoms with van der Waals surface area (Å²) in [6.45, 7) is 11.2. The number of rotatable bonds is 18. The van der Waals surface area contributed by atoms with Crippen LogP contribution in [0.15, 0.2) is 49.1 Å². The molecule has 2 rings (SSSR count). The molecule has 8 nitrogen and oxygen atoms in total. The summed E-state index contributed by atoms with van der Waals surface area (Å²) in [7, 11) is -12.2. The number of nitrogens with zero attached hydrogens (tertiary/aromatic N) is 2. The number of unbranched alkanes of at least 4 members (excludes halogenated alkanes) is 14. The van der Waals surface area contributed by atoms with Crippen LogP contribution in [0.5, 0.6) is 0 Å². The highest BCUT2D eigenvalue weighted by Gasteiger charge is 2.37. The molecule has 0 fully saturated rings. The van der Waals surface area contributed by atoms with Crippen LogP contribution in [0.4, 0.5) is 26.3 Å². The Bertz CT molecular complexity index is 1220. The Balaban J connectivity index is 0. The van der Waals surface area contributed by atoms with E-state index in [2.05, 4.69) is 85.9 Å². The van der Waals surface area contributed by atoms with Gasteiger partial charge in [-0.2, -0.15) is 26.3 Å². The van der Waals surface area contributed by atoms with Gasteiger partial charge in [0.1, 0.15) is 13.1 Å². The smallest absolute Gasteiger partial charge is 0.485 e. The largest absolute Gasteiger partial charge is 0.741 e. The lowest BCUT2D eigenvalue weighted by molar-refractivity contribution is -0.697. The molecule has 0 bridgehead atoms. The van der Waals surface area contributed by atoms with Crippen molar-refractivity contribution in [3.8, 4) is 0 Å². The summed E-state index contributed by atoms with van der Waals surface area (Å²) in [6, 6.07) is 8.74. The molecule has 0 aliphatic carbocycles. The van der Waals surface area contributed by atoms with Gasteiger partial charge >= 0.3 is 11.0 Å². The fraction of sp³-hybridized carbons (Fsp3) is 0.706. The van der Waals surface area contributed by atoms with Gasteiger partial charge in [-0.1, -0.05) is 90.9 Å². The minimum atomic E-state index is -6.09. The van der Waals surface area contributed by atoms with Crippen LogP contribution in [0.2, 0.25) is 0 Å². The molecule has 0 aliphatic rings. The maximum atomic E-state index is 10.7. The normalized spacial score (nSPS) is 11.8. The van der Waals surface area contributed by atoms with Crippen molar-refractivity contribution in [2.24, 2.45) is 0 Å². The Morgan fingerprint density at radius 3 is 0.880 bits per heavy atom. The number of hydrogen-bond acceptors (Lipinski definition) is 6. The average molecular weight is 767 g/mol. The van der Waals surface area contributed by atoms with Crippen molar-refractivity contribution >= 4 is 20.2 Å². The van der Waals surface area contributed by atoms with Crippen molar-refractivity contribution in [2.45, 2.75) is 155 Å². The van der Waals surface area contributed by atoms with E-state index >= 15 is 0 Å². The molecule has 16 heteroatoms. The summed E-state index contributed by atoms with van der Waals surface area (Å²) in [5.74, 6) is 0. The zero-order valence-corrected chi connectivity index (χ0v) is 31.4. The zero-order valence-electron chi connectivity index (χ0n) is 29.8. The minimum absolute atomic E-state index is 1.18. The lowest BCUT2D eigenvalue weighted by atomic mass is 10.1. The lowest BCUT2D eigenvalue weighted by Gasteiger charge is -2.08. The molecule has 292 valence electrons. The van der Waals surface area contributed by atoms with Gasteiger partial charge in [0, 0.05) is 37.1 Å². The summed E-state index contributed by atoms with van der Waals surface area (Å²) in [5, 5.41) is 0. The van der Waals surface area contributed by atoms with Crippen LogP contribution in [0.25, 0.3) is 0 Å². The molecule has 0 spiro atoms. The Labute approximate surface area is 295 Å². The predicted octanol–water partition coefficient (Wildman–Crippen LogP) is 8.95. The molecule has 2 aromatic heterocycles. The maximum Gasteiger partial charge on any atom is 0.485 e. The van der Waals surface area contributed by atoms with Crippen molar-refractivity contribution in [2.75, 3.05) is 0 Å². The van der Waals surface area contributed by atoms with E-state index in [1.165, 1.54) is 127 Å². The first-order valence-corrected chi connectivity index (χ1v) is 19.9. The number of halogens is 6. The van der Waals surface area contributed by atoms with E-state index in [0.29, 0.717) is 0 Å². The van der Waals surface area contributed by atoms with E-state index in [1.54, 1.807) is 0 Å². The van der Waals surface area contributed by atoms with E-state index in [0.717, 1.165) is 0 Å². The second-order valence-electron chi connectivity index (χ2n) is 12.0. The third kappa shape index (κ3) is 29.4. The molecule has 50 heavy (non-hydrogen) atoms. The molecule has 0 unspecified atom stereocenters. The van der Waals surface area contributed by atoms with E-state index < -0.39 is 31.3 Å². The first-order valence-electron chi connectivity index (χ1n) is 17.1. The average Bonchev–Trinajstić information content (AvgIpc) is 3.01. The van der Waals surface area contributed by atoms with E-state index in [4.69, 9.17) is 25.9 Å². The molecule has 0 aliphatic heterocycles. The second kappa shape index (κ2) is 27.4. The van der Waals surface area contributed by atoms with Crippen LogP contribution in [-0.2, 0) is 33.3 Å². The van der Waals surface area contributed by atoms with Gasteiger partial charge in [-0.05, 0) is 37.8 Å². The Kier molecular flexibility index (Phi) is 27.3. The fourth-order valence-corrected chi connectivity index (χ4v) is 4.22. The molecular formula is C34H56F6N2O6S2. The summed E-state index contributed by atoms with van der Waals surface area (Å²) in [4.78, 5) is 0. The maximum absolute atomic E-state index is 10.7. The minimum Gasteiger partial charge on any atom is -0.741 e. The van der Waals surface area contributed by atoms with Crippen LogP contribution in [0.3, 0.4) is 0 Å². The van der Waals surface area contributed by atoms with Crippen molar-refractivity contribution in [3.63, 3.8) is 0 Å². The number of pyridine rings is 2. The fourth-order valence-electron chi connectivity index (χ4n) is 4.22. The second-order valence-corrected chi connectivity index (χ2v) is 14.7. The summed E-state index contributed by atoms with van der Waals surface area (Å²) < 4.78 is 122. The number of aryl methyl sites for hydroxylation is 4.